The molecule has 0 aliphatic heterocycles. The zero-order chi connectivity index (χ0) is 33.7. The lowest BCUT2D eigenvalue weighted by Crippen LogP contribution is -2.32. The molecule has 0 saturated carbocycles. The number of aryl methyl sites for hydroxylation is 2. The molecule has 1 unspecified atom stereocenters. The van der Waals surface area contributed by atoms with Gasteiger partial charge in [0.2, 0.25) is 0 Å². The highest BCUT2D eigenvalue weighted by atomic mass is 16.5. The second-order valence-corrected chi connectivity index (χ2v) is 12.9. The van der Waals surface area contributed by atoms with E-state index >= 15 is 0 Å². The monoisotopic (exact) mass is 628 g/mol. The van der Waals surface area contributed by atoms with Crippen molar-refractivity contribution in [2.24, 2.45) is 11.8 Å². The van der Waals surface area contributed by atoms with Crippen LogP contribution in [-0.4, -0.2) is 35.4 Å². The molecular weight excluding hydrogens is 568 g/mol. The van der Waals surface area contributed by atoms with Gasteiger partial charge in [-0.1, -0.05) is 84.4 Å². The van der Waals surface area contributed by atoms with Crippen LogP contribution in [0, 0.1) is 30.1 Å². The summed E-state index contributed by atoms with van der Waals surface area (Å²) in [4.78, 5) is 24.3. The summed E-state index contributed by atoms with van der Waals surface area (Å²) in [5.41, 5.74) is 6.34. The molecule has 0 saturated heterocycles. The fourth-order valence-electron chi connectivity index (χ4n) is 5.95. The first-order valence-electron chi connectivity index (χ1n) is 17.8. The molecule has 0 aliphatic carbocycles. The van der Waals surface area contributed by atoms with Crippen LogP contribution in [0.3, 0.4) is 0 Å². The van der Waals surface area contributed by atoms with Gasteiger partial charge < -0.3 is 9.64 Å². The normalized spacial score (nSPS) is 12.8. The van der Waals surface area contributed by atoms with Gasteiger partial charge in [-0.25, -0.2) is 0 Å². The molecule has 1 heterocycles. The van der Waals surface area contributed by atoms with Gasteiger partial charge in [0.05, 0.1) is 18.4 Å². The lowest BCUT2D eigenvalue weighted by molar-refractivity contribution is -0.114. The summed E-state index contributed by atoms with van der Waals surface area (Å²) in [6, 6.07) is 11.5. The Bertz CT molecular complexity index is 1280. The fourth-order valence-corrected chi connectivity index (χ4v) is 5.95. The number of allylic oxidation sites excluding steroid dienone is 3. The maximum atomic E-state index is 11.9. The molecule has 0 bridgehead atoms. The third-order valence-corrected chi connectivity index (χ3v) is 8.60. The molecule has 0 amide bonds. The number of nitriles is 1. The van der Waals surface area contributed by atoms with Crippen LogP contribution >= 0.6 is 0 Å². The van der Waals surface area contributed by atoms with Gasteiger partial charge in [0.15, 0.2) is 5.78 Å². The van der Waals surface area contributed by atoms with Gasteiger partial charge >= 0.3 is 6.01 Å². The number of carbonyl (C=O) groups is 1. The number of anilines is 1. The molecule has 252 valence electrons. The minimum absolute atomic E-state index is 0.0791. The summed E-state index contributed by atoms with van der Waals surface area (Å²) in [6.07, 6.45) is 15.7. The molecule has 1 aromatic heterocycles. The van der Waals surface area contributed by atoms with Crippen LogP contribution in [0.25, 0.3) is 5.57 Å². The number of ether oxygens (including phenoxy) is 1. The number of unbranched alkanes of at least 4 members (excludes halogenated alkanes) is 3. The summed E-state index contributed by atoms with van der Waals surface area (Å²) in [7, 11) is 0. The number of aromatic nitrogens is 2. The number of nitrogens with zero attached hydrogens (tertiary/aromatic N) is 4. The first-order chi connectivity index (χ1) is 22.3. The molecular formula is C40H60N4O2. The predicted molar refractivity (Wildman–Crippen MR) is 193 cm³/mol. The Morgan fingerprint density at radius 3 is 2.48 bits per heavy atom. The first kappa shape index (κ1) is 38.7. The van der Waals surface area contributed by atoms with E-state index in [4.69, 9.17) is 14.7 Å². The Balaban J connectivity index is 2.38. The molecule has 0 radical (unpaired) electrons. The zero-order valence-electron chi connectivity index (χ0n) is 29.7. The van der Waals surface area contributed by atoms with Gasteiger partial charge in [-0.05, 0) is 99.3 Å². The molecule has 0 aliphatic rings. The molecule has 2 atom stereocenters. The number of ketones is 1. The van der Waals surface area contributed by atoms with Gasteiger partial charge in [-0.2, -0.15) is 15.2 Å². The van der Waals surface area contributed by atoms with Crippen LogP contribution in [0.4, 0.5) is 5.82 Å². The van der Waals surface area contributed by atoms with Crippen molar-refractivity contribution in [3.63, 3.8) is 0 Å². The molecule has 0 N–H and O–H groups in total. The smallest absolute Gasteiger partial charge is 0.318 e. The quantitative estimate of drug-likeness (QED) is 0.0850. The lowest BCUT2D eigenvalue weighted by atomic mass is 9.94. The Morgan fingerprint density at radius 2 is 1.80 bits per heavy atom. The SMILES string of the molecule is C=CC(=O)CCCCN(CC(C)CC#N)c1nc(OC[C@@H](C)CCCC)nc(CC)c1CCCC/C(=C/CC)c1ccccc1C. The van der Waals surface area contributed by atoms with Gasteiger partial charge in [-0.15, -0.1) is 0 Å². The standard InChI is InChI=1S/C40H60N4O2/c1-8-12-20-32(6)30-46-40-42-38(11-4)37(25-16-14-22-34(19-9-2)36-24-15-13-21-33(36)7)39(43-40)44(29-31(5)26-27-41)28-18-17-23-35(45)10-3/h10,13,15,19,21,24,31-32H,3,8-9,11-12,14,16-18,20,22-23,25-26,28-30H2,1-2,4-7H3/b34-19-/t31?,32-/m0/s1. The predicted octanol–water partition coefficient (Wildman–Crippen LogP) is 10.0. The number of hydrogen-bond acceptors (Lipinski definition) is 6. The number of benzene rings is 1. The van der Waals surface area contributed by atoms with Crippen molar-refractivity contribution >= 4 is 17.2 Å². The zero-order valence-corrected chi connectivity index (χ0v) is 29.7. The maximum Gasteiger partial charge on any atom is 0.318 e. The second-order valence-electron chi connectivity index (χ2n) is 12.9. The average molecular weight is 629 g/mol. The Hall–Kier alpha value is -3.46. The van der Waals surface area contributed by atoms with Crippen LogP contribution in [0.5, 0.6) is 6.01 Å². The van der Waals surface area contributed by atoms with Gasteiger partial charge in [0.25, 0.3) is 0 Å². The highest BCUT2D eigenvalue weighted by Crippen LogP contribution is 2.30. The Labute approximate surface area is 280 Å². The molecule has 0 spiro atoms. The van der Waals surface area contributed by atoms with E-state index in [9.17, 15) is 10.1 Å². The van der Waals surface area contributed by atoms with Crippen LogP contribution in [0.15, 0.2) is 43.0 Å². The topological polar surface area (TPSA) is 79.1 Å². The Morgan fingerprint density at radius 1 is 1.04 bits per heavy atom. The second kappa shape index (κ2) is 22.1. The van der Waals surface area contributed by atoms with Gasteiger partial charge in [-0.3, -0.25) is 4.79 Å². The summed E-state index contributed by atoms with van der Waals surface area (Å²) in [5.74, 6) is 1.63. The van der Waals surface area contributed by atoms with Crippen LogP contribution in [0.2, 0.25) is 0 Å². The number of carbonyl (C=O) groups excluding carboxylic acids is 1. The van der Waals surface area contributed by atoms with E-state index in [0.29, 0.717) is 31.4 Å². The van der Waals surface area contributed by atoms with E-state index in [2.05, 4.69) is 89.4 Å². The summed E-state index contributed by atoms with van der Waals surface area (Å²) in [5, 5.41) is 9.45. The van der Waals surface area contributed by atoms with Crippen molar-refractivity contribution in [1.29, 1.82) is 5.26 Å². The van der Waals surface area contributed by atoms with Gasteiger partial charge in [0, 0.05) is 31.5 Å². The van der Waals surface area contributed by atoms with Crippen LogP contribution in [0.1, 0.15) is 128 Å². The van der Waals surface area contributed by atoms with Crippen LogP contribution < -0.4 is 9.64 Å². The van der Waals surface area contributed by atoms with E-state index in [0.717, 1.165) is 82.4 Å². The molecule has 0 fully saturated rings. The van der Waals surface area contributed by atoms with E-state index in [1.807, 2.05) is 0 Å². The van der Waals surface area contributed by atoms with Crippen molar-refractivity contribution in [2.75, 3.05) is 24.6 Å². The third kappa shape index (κ3) is 13.5. The van der Waals surface area contributed by atoms with E-state index in [-0.39, 0.29) is 11.7 Å². The Kier molecular flexibility index (Phi) is 18.6. The van der Waals surface area contributed by atoms with E-state index < -0.39 is 0 Å². The molecule has 6 heteroatoms. The van der Waals surface area contributed by atoms with Crippen LogP contribution in [-0.2, 0) is 17.6 Å². The first-order valence-corrected chi connectivity index (χ1v) is 17.8. The highest BCUT2D eigenvalue weighted by molar-refractivity contribution is 5.88. The summed E-state index contributed by atoms with van der Waals surface area (Å²) < 4.78 is 6.26. The third-order valence-electron chi connectivity index (χ3n) is 8.60. The van der Waals surface area contributed by atoms with Crippen molar-refractivity contribution in [3.05, 3.63) is 65.4 Å². The fraction of sp³-hybridized carbons (Fsp3) is 0.600. The summed E-state index contributed by atoms with van der Waals surface area (Å²) >= 11 is 0. The number of hydrogen-bond donors (Lipinski definition) is 0. The van der Waals surface area contributed by atoms with E-state index in [1.54, 1.807) is 0 Å². The molecule has 6 nitrogen and oxygen atoms in total. The minimum atomic E-state index is 0.0791. The number of rotatable bonds is 24. The molecule has 2 rings (SSSR count). The van der Waals surface area contributed by atoms with Crippen molar-refractivity contribution in [1.82, 2.24) is 9.97 Å². The maximum absolute atomic E-state index is 11.9. The van der Waals surface area contributed by atoms with Gasteiger partial charge in [0.1, 0.15) is 5.82 Å². The largest absolute Gasteiger partial charge is 0.463 e. The molecule has 1 aromatic carbocycles. The lowest BCUT2D eigenvalue weighted by Gasteiger charge is -2.29. The van der Waals surface area contributed by atoms with Crippen molar-refractivity contribution in [2.45, 2.75) is 125 Å². The molecule has 46 heavy (non-hydrogen) atoms. The van der Waals surface area contributed by atoms with Crippen molar-refractivity contribution in [3.8, 4) is 12.1 Å². The highest BCUT2D eigenvalue weighted by Gasteiger charge is 2.22. The average Bonchev–Trinajstić information content (AvgIpc) is 3.05. The summed E-state index contributed by atoms with van der Waals surface area (Å²) in [6.45, 7) is 18.8. The van der Waals surface area contributed by atoms with E-state index in [1.165, 1.54) is 41.2 Å². The molecule has 2 aromatic rings. The van der Waals surface area contributed by atoms with Crippen molar-refractivity contribution < 1.29 is 9.53 Å². The minimum Gasteiger partial charge on any atom is -0.463 e.